The van der Waals surface area contributed by atoms with E-state index in [0.29, 0.717) is 5.78 Å². The summed E-state index contributed by atoms with van der Waals surface area (Å²) in [7, 11) is 0. The zero-order valence-corrected chi connectivity index (χ0v) is 13.7. The lowest BCUT2D eigenvalue weighted by Gasteiger charge is -2.09. The van der Waals surface area contributed by atoms with Crippen LogP contribution in [0.4, 0.5) is 0 Å². The van der Waals surface area contributed by atoms with Gasteiger partial charge in [-0.05, 0) is 24.3 Å². The monoisotopic (exact) mass is 298 g/mol. The van der Waals surface area contributed by atoms with Crippen molar-refractivity contribution >= 4 is 16.6 Å². The molecule has 0 aliphatic heterocycles. The summed E-state index contributed by atoms with van der Waals surface area (Å²) in [6.45, 7) is 4.69. The van der Waals surface area contributed by atoms with Crippen molar-refractivity contribution in [2.45, 2.75) is 46.0 Å². The Kier molecular flexibility index (Phi) is 6.45. The number of Topliss-reactive ketones (excluding diaryl/α,β-unsaturated/α-hetero) is 1. The van der Waals surface area contributed by atoms with E-state index in [1.54, 1.807) is 0 Å². The van der Waals surface area contributed by atoms with Crippen LogP contribution in [0.15, 0.2) is 42.5 Å². The number of unbranched alkanes of at least 4 members (excludes halogenated alkanes) is 3. The van der Waals surface area contributed by atoms with Gasteiger partial charge in [0, 0.05) is 17.7 Å². The molecule has 0 unspecified atom stereocenters. The number of benzene rings is 2. The van der Waals surface area contributed by atoms with Gasteiger partial charge in [0.05, 0.1) is 6.61 Å². The molecule has 2 aromatic rings. The molecule has 2 heteroatoms. The number of fused-ring (bicyclic) bond motifs is 1. The SMILES string of the molecule is CC(C)C(=O)CCCCCCOc1cccc2ccccc12. The minimum absolute atomic E-state index is 0.176. The molecule has 2 rings (SSSR count). The zero-order valence-electron chi connectivity index (χ0n) is 13.7. The van der Waals surface area contributed by atoms with E-state index in [-0.39, 0.29) is 5.92 Å². The first-order valence-corrected chi connectivity index (χ1v) is 8.32. The highest BCUT2D eigenvalue weighted by Gasteiger charge is 2.06. The molecule has 118 valence electrons. The maximum atomic E-state index is 11.5. The van der Waals surface area contributed by atoms with Crippen LogP contribution in [0, 0.1) is 5.92 Å². The first-order chi connectivity index (χ1) is 10.7. The molecule has 0 N–H and O–H groups in total. The van der Waals surface area contributed by atoms with Crippen LogP contribution in [0.1, 0.15) is 46.0 Å². The van der Waals surface area contributed by atoms with Crippen molar-refractivity contribution in [3.8, 4) is 5.75 Å². The highest BCUT2D eigenvalue weighted by Crippen LogP contribution is 2.25. The van der Waals surface area contributed by atoms with Crippen LogP contribution in [0.5, 0.6) is 5.75 Å². The maximum Gasteiger partial charge on any atom is 0.135 e. The van der Waals surface area contributed by atoms with E-state index in [2.05, 4.69) is 18.2 Å². The van der Waals surface area contributed by atoms with Gasteiger partial charge in [-0.3, -0.25) is 4.79 Å². The van der Waals surface area contributed by atoms with Crippen molar-refractivity contribution in [2.24, 2.45) is 5.92 Å². The summed E-state index contributed by atoms with van der Waals surface area (Å²) < 4.78 is 5.92. The van der Waals surface area contributed by atoms with Crippen molar-refractivity contribution in [2.75, 3.05) is 6.61 Å². The van der Waals surface area contributed by atoms with Gasteiger partial charge in [-0.2, -0.15) is 0 Å². The Labute approximate surface area is 133 Å². The molecule has 2 nitrogen and oxygen atoms in total. The van der Waals surface area contributed by atoms with Gasteiger partial charge in [0.15, 0.2) is 0 Å². The Morgan fingerprint density at radius 2 is 1.68 bits per heavy atom. The first-order valence-electron chi connectivity index (χ1n) is 8.32. The molecule has 0 saturated heterocycles. The normalized spacial score (nSPS) is 11.0. The fourth-order valence-corrected chi connectivity index (χ4v) is 2.55. The van der Waals surface area contributed by atoms with Crippen LogP contribution in [0.3, 0.4) is 0 Å². The molecule has 0 spiro atoms. The molecule has 0 atom stereocenters. The summed E-state index contributed by atoms with van der Waals surface area (Å²) in [5.74, 6) is 1.52. The second-order valence-electron chi connectivity index (χ2n) is 6.11. The second kappa shape index (κ2) is 8.57. The van der Waals surface area contributed by atoms with Gasteiger partial charge in [0.1, 0.15) is 11.5 Å². The van der Waals surface area contributed by atoms with Crippen LogP contribution in [-0.4, -0.2) is 12.4 Å². The van der Waals surface area contributed by atoms with Gasteiger partial charge in [-0.25, -0.2) is 0 Å². The van der Waals surface area contributed by atoms with Crippen molar-refractivity contribution < 1.29 is 9.53 Å². The third-order valence-corrected chi connectivity index (χ3v) is 3.97. The summed E-state index contributed by atoms with van der Waals surface area (Å²) in [4.78, 5) is 11.5. The third-order valence-electron chi connectivity index (χ3n) is 3.97. The smallest absolute Gasteiger partial charge is 0.135 e. The molecule has 0 fully saturated rings. The van der Waals surface area contributed by atoms with E-state index in [0.717, 1.165) is 44.5 Å². The van der Waals surface area contributed by atoms with Gasteiger partial charge in [-0.15, -0.1) is 0 Å². The predicted molar refractivity (Wildman–Crippen MR) is 92.4 cm³/mol. The van der Waals surface area contributed by atoms with Crippen molar-refractivity contribution in [3.05, 3.63) is 42.5 Å². The van der Waals surface area contributed by atoms with E-state index in [4.69, 9.17) is 4.74 Å². The van der Waals surface area contributed by atoms with Crippen LogP contribution >= 0.6 is 0 Å². The average Bonchev–Trinajstić information content (AvgIpc) is 2.53. The third kappa shape index (κ3) is 4.87. The number of ketones is 1. The van der Waals surface area contributed by atoms with Gasteiger partial charge < -0.3 is 4.74 Å². The van der Waals surface area contributed by atoms with E-state index < -0.39 is 0 Å². The molecule has 22 heavy (non-hydrogen) atoms. The Hall–Kier alpha value is -1.83. The lowest BCUT2D eigenvalue weighted by molar-refractivity contribution is -0.122. The number of hydrogen-bond donors (Lipinski definition) is 0. The number of carbonyl (C=O) groups is 1. The van der Waals surface area contributed by atoms with E-state index in [1.807, 2.05) is 38.1 Å². The number of carbonyl (C=O) groups excluding carboxylic acids is 1. The fourth-order valence-electron chi connectivity index (χ4n) is 2.55. The topological polar surface area (TPSA) is 26.3 Å². The lowest BCUT2D eigenvalue weighted by atomic mass is 10.0. The van der Waals surface area contributed by atoms with Gasteiger partial charge in [-0.1, -0.05) is 63.1 Å². The van der Waals surface area contributed by atoms with Crippen molar-refractivity contribution in [3.63, 3.8) is 0 Å². The Bertz CT molecular complexity index is 596. The number of hydrogen-bond acceptors (Lipinski definition) is 2. The molecule has 0 aromatic heterocycles. The van der Waals surface area contributed by atoms with E-state index in [1.165, 1.54) is 10.8 Å². The van der Waals surface area contributed by atoms with Crippen LogP contribution < -0.4 is 4.74 Å². The number of ether oxygens (including phenoxy) is 1. The summed E-state index contributed by atoms with van der Waals surface area (Å²) in [6.07, 6.45) is 5.00. The standard InChI is InChI=1S/C20H26O2/c1-16(2)19(21)13-5-3-4-8-15-22-20-14-9-11-17-10-6-7-12-18(17)20/h6-7,9-12,14,16H,3-5,8,13,15H2,1-2H3. The zero-order chi connectivity index (χ0) is 15.8. The van der Waals surface area contributed by atoms with Gasteiger partial charge in [0.25, 0.3) is 0 Å². The molecule has 0 heterocycles. The van der Waals surface area contributed by atoms with Crippen LogP contribution in [0.2, 0.25) is 0 Å². The molecule has 0 saturated carbocycles. The minimum atomic E-state index is 0.176. The van der Waals surface area contributed by atoms with Gasteiger partial charge in [0.2, 0.25) is 0 Å². The largest absolute Gasteiger partial charge is 0.493 e. The highest BCUT2D eigenvalue weighted by atomic mass is 16.5. The lowest BCUT2D eigenvalue weighted by Crippen LogP contribution is -2.06. The highest BCUT2D eigenvalue weighted by molar-refractivity contribution is 5.88. The summed E-state index contributed by atoms with van der Waals surface area (Å²) in [5, 5.41) is 2.39. The van der Waals surface area contributed by atoms with Crippen molar-refractivity contribution in [1.29, 1.82) is 0 Å². The predicted octanol–water partition coefficient (Wildman–Crippen LogP) is 5.39. The van der Waals surface area contributed by atoms with E-state index in [9.17, 15) is 4.79 Å². The average molecular weight is 298 g/mol. The van der Waals surface area contributed by atoms with E-state index >= 15 is 0 Å². The molecular formula is C20H26O2. The Morgan fingerprint density at radius 1 is 0.955 bits per heavy atom. The summed E-state index contributed by atoms with van der Waals surface area (Å²) in [6, 6.07) is 14.5. The molecule has 0 radical (unpaired) electrons. The Balaban J connectivity index is 1.67. The molecular weight excluding hydrogens is 272 g/mol. The van der Waals surface area contributed by atoms with Crippen molar-refractivity contribution in [1.82, 2.24) is 0 Å². The van der Waals surface area contributed by atoms with Gasteiger partial charge >= 0.3 is 0 Å². The first kappa shape index (κ1) is 16.5. The molecule has 0 amide bonds. The minimum Gasteiger partial charge on any atom is -0.493 e. The fraction of sp³-hybridized carbons (Fsp3) is 0.450. The molecule has 0 aliphatic rings. The molecule has 0 bridgehead atoms. The van der Waals surface area contributed by atoms with Crippen LogP contribution in [0.25, 0.3) is 10.8 Å². The second-order valence-corrected chi connectivity index (χ2v) is 6.11. The number of rotatable bonds is 9. The summed E-state index contributed by atoms with van der Waals surface area (Å²) in [5.41, 5.74) is 0. The molecule has 0 aliphatic carbocycles. The van der Waals surface area contributed by atoms with Crippen LogP contribution in [-0.2, 0) is 4.79 Å². The summed E-state index contributed by atoms with van der Waals surface area (Å²) >= 11 is 0. The Morgan fingerprint density at radius 3 is 2.50 bits per heavy atom. The molecule has 2 aromatic carbocycles. The maximum absolute atomic E-state index is 11.5. The quantitative estimate of drug-likeness (QED) is 0.580.